The van der Waals surface area contributed by atoms with Crippen molar-refractivity contribution >= 4 is 17.5 Å². The highest BCUT2D eigenvalue weighted by atomic mass is 16.5. The number of hydrogen-bond acceptors (Lipinski definition) is 5. The van der Waals surface area contributed by atoms with Gasteiger partial charge in [0.2, 0.25) is 11.8 Å². The zero-order valence-corrected chi connectivity index (χ0v) is 17.7. The van der Waals surface area contributed by atoms with Crippen molar-refractivity contribution in [2.45, 2.75) is 45.4 Å². The van der Waals surface area contributed by atoms with Crippen LogP contribution in [-0.2, 0) is 14.3 Å². The van der Waals surface area contributed by atoms with Crippen molar-refractivity contribution in [1.29, 1.82) is 0 Å². The van der Waals surface area contributed by atoms with Gasteiger partial charge >= 0.3 is 0 Å². The first-order valence-electron chi connectivity index (χ1n) is 10.3. The number of nitrogens with one attached hydrogen (secondary N) is 1. The van der Waals surface area contributed by atoms with Crippen LogP contribution in [0.4, 0.5) is 5.69 Å². The standard InChI is InChI=1S/C22H32N2O5/c1-16-12-18(27-2)19(28-3)13-17(16)23-20(25)14-22(6-4-5-7-22)15-21(26)24-8-10-29-11-9-24/h12-13H,4-11,14-15H2,1-3H3,(H,23,25). The molecule has 0 atom stereocenters. The number of carbonyl (C=O) groups is 2. The number of carbonyl (C=O) groups excluding carboxylic acids is 2. The van der Waals surface area contributed by atoms with E-state index in [0.29, 0.717) is 56.3 Å². The average Bonchev–Trinajstić information content (AvgIpc) is 3.17. The summed E-state index contributed by atoms with van der Waals surface area (Å²) in [6.07, 6.45) is 4.77. The molecule has 0 unspecified atom stereocenters. The summed E-state index contributed by atoms with van der Waals surface area (Å²) in [4.78, 5) is 27.6. The van der Waals surface area contributed by atoms with E-state index in [4.69, 9.17) is 14.2 Å². The summed E-state index contributed by atoms with van der Waals surface area (Å²) < 4.78 is 16.0. The van der Waals surface area contributed by atoms with E-state index >= 15 is 0 Å². The minimum atomic E-state index is -0.246. The van der Waals surface area contributed by atoms with E-state index in [1.165, 1.54) is 0 Å². The Bertz CT molecular complexity index is 737. The van der Waals surface area contributed by atoms with Gasteiger partial charge in [-0.15, -0.1) is 0 Å². The highest BCUT2D eigenvalue weighted by Gasteiger charge is 2.39. The van der Waals surface area contributed by atoms with Gasteiger partial charge in [-0.25, -0.2) is 0 Å². The topological polar surface area (TPSA) is 77.1 Å². The lowest BCUT2D eigenvalue weighted by atomic mass is 9.78. The monoisotopic (exact) mass is 404 g/mol. The van der Waals surface area contributed by atoms with Crippen LogP contribution in [0.25, 0.3) is 0 Å². The molecule has 1 aromatic rings. The molecule has 7 nitrogen and oxygen atoms in total. The Morgan fingerprint density at radius 1 is 1.07 bits per heavy atom. The zero-order valence-electron chi connectivity index (χ0n) is 17.7. The van der Waals surface area contributed by atoms with Crippen LogP contribution < -0.4 is 14.8 Å². The minimum Gasteiger partial charge on any atom is -0.493 e. The number of rotatable bonds is 7. The summed E-state index contributed by atoms with van der Waals surface area (Å²) in [5.74, 6) is 1.29. The molecule has 1 heterocycles. The van der Waals surface area contributed by atoms with Gasteiger partial charge in [0.05, 0.1) is 27.4 Å². The predicted molar refractivity (Wildman–Crippen MR) is 110 cm³/mol. The van der Waals surface area contributed by atoms with Gasteiger partial charge in [-0.1, -0.05) is 12.8 Å². The molecular formula is C22H32N2O5. The van der Waals surface area contributed by atoms with Crippen LogP contribution in [-0.4, -0.2) is 57.2 Å². The molecule has 2 amide bonds. The molecule has 1 saturated carbocycles. The van der Waals surface area contributed by atoms with E-state index in [9.17, 15) is 9.59 Å². The Balaban J connectivity index is 1.67. The minimum absolute atomic E-state index is 0.0583. The van der Waals surface area contributed by atoms with Crippen LogP contribution >= 0.6 is 0 Å². The second-order valence-corrected chi connectivity index (χ2v) is 8.12. The van der Waals surface area contributed by atoms with Crippen molar-refractivity contribution in [2.24, 2.45) is 5.41 Å². The lowest BCUT2D eigenvalue weighted by Crippen LogP contribution is -2.43. The Labute approximate surface area is 172 Å². The van der Waals surface area contributed by atoms with Gasteiger partial charge in [-0.3, -0.25) is 9.59 Å². The molecule has 0 aromatic heterocycles. The summed E-state index contributed by atoms with van der Waals surface area (Å²) in [6.45, 7) is 4.40. The molecule has 29 heavy (non-hydrogen) atoms. The van der Waals surface area contributed by atoms with E-state index in [1.807, 2.05) is 17.9 Å². The highest BCUT2D eigenvalue weighted by Crippen LogP contribution is 2.45. The molecule has 2 aliphatic rings. The number of benzene rings is 1. The molecule has 1 aliphatic heterocycles. The normalized spacial score (nSPS) is 18.4. The van der Waals surface area contributed by atoms with Crippen molar-refractivity contribution in [3.63, 3.8) is 0 Å². The average molecular weight is 405 g/mol. The number of ether oxygens (including phenoxy) is 3. The van der Waals surface area contributed by atoms with E-state index in [1.54, 1.807) is 20.3 Å². The van der Waals surface area contributed by atoms with Gasteiger partial charge in [0.15, 0.2) is 11.5 Å². The van der Waals surface area contributed by atoms with Gasteiger partial charge in [0, 0.05) is 37.7 Å². The molecule has 1 aromatic carbocycles. The maximum absolute atomic E-state index is 12.9. The largest absolute Gasteiger partial charge is 0.493 e. The second-order valence-electron chi connectivity index (χ2n) is 8.12. The van der Waals surface area contributed by atoms with Crippen LogP contribution in [0.15, 0.2) is 12.1 Å². The Morgan fingerprint density at radius 3 is 2.31 bits per heavy atom. The first kappa shape index (κ1) is 21.4. The lowest BCUT2D eigenvalue weighted by Gasteiger charge is -2.33. The summed E-state index contributed by atoms with van der Waals surface area (Å²) in [7, 11) is 3.16. The van der Waals surface area contributed by atoms with Crippen LogP contribution in [0.5, 0.6) is 11.5 Å². The first-order valence-corrected chi connectivity index (χ1v) is 10.3. The fourth-order valence-electron chi connectivity index (χ4n) is 4.44. The van der Waals surface area contributed by atoms with Crippen molar-refractivity contribution in [3.8, 4) is 11.5 Å². The molecule has 0 bridgehead atoms. The van der Waals surface area contributed by atoms with Crippen LogP contribution in [0.3, 0.4) is 0 Å². The Morgan fingerprint density at radius 2 is 1.69 bits per heavy atom. The molecule has 3 rings (SSSR count). The summed E-state index contributed by atoms with van der Waals surface area (Å²) in [5, 5.41) is 3.02. The highest BCUT2D eigenvalue weighted by molar-refractivity contribution is 5.93. The maximum Gasteiger partial charge on any atom is 0.224 e. The van der Waals surface area contributed by atoms with Crippen molar-refractivity contribution < 1.29 is 23.8 Å². The number of amides is 2. The van der Waals surface area contributed by atoms with Crippen LogP contribution in [0.1, 0.15) is 44.1 Å². The molecule has 0 radical (unpaired) electrons. The molecule has 0 spiro atoms. The van der Waals surface area contributed by atoms with Crippen molar-refractivity contribution in [2.75, 3.05) is 45.8 Å². The molecule has 160 valence electrons. The SMILES string of the molecule is COc1cc(C)c(NC(=O)CC2(CC(=O)N3CCOCC3)CCCC2)cc1OC. The second kappa shape index (κ2) is 9.48. The maximum atomic E-state index is 12.9. The number of anilines is 1. The van der Waals surface area contributed by atoms with E-state index in [-0.39, 0.29) is 17.2 Å². The molecule has 2 fully saturated rings. The summed E-state index contributed by atoms with van der Waals surface area (Å²) in [5.41, 5.74) is 1.37. The fourth-order valence-corrected chi connectivity index (χ4v) is 4.44. The van der Waals surface area contributed by atoms with Gasteiger partial charge in [0.1, 0.15) is 0 Å². The first-order chi connectivity index (χ1) is 14.0. The van der Waals surface area contributed by atoms with E-state index in [0.717, 1.165) is 31.2 Å². The Kier molecular flexibility index (Phi) is 7.00. The molecular weight excluding hydrogens is 372 g/mol. The molecule has 1 N–H and O–H groups in total. The van der Waals surface area contributed by atoms with Gasteiger partial charge in [-0.05, 0) is 36.8 Å². The third-order valence-electron chi connectivity index (χ3n) is 6.09. The van der Waals surface area contributed by atoms with Gasteiger partial charge in [0.25, 0.3) is 0 Å². The predicted octanol–water partition coefficient (Wildman–Crippen LogP) is 3.15. The van der Waals surface area contributed by atoms with Crippen LogP contribution in [0, 0.1) is 12.3 Å². The van der Waals surface area contributed by atoms with Crippen molar-refractivity contribution in [1.82, 2.24) is 4.90 Å². The molecule has 7 heteroatoms. The molecule has 1 aliphatic carbocycles. The summed E-state index contributed by atoms with van der Waals surface area (Å²) >= 11 is 0. The van der Waals surface area contributed by atoms with Gasteiger partial charge < -0.3 is 24.4 Å². The number of hydrogen-bond donors (Lipinski definition) is 1. The third-order valence-corrected chi connectivity index (χ3v) is 6.09. The Hall–Kier alpha value is -2.28. The smallest absolute Gasteiger partial charge is 0.224 e. The molecule has 1 saturated heterocycles. The number of nitrogens with zero attached hydrogens (tertiary/aromatic N) is 1. The number of methoxy groups -OCH3 is 2. The number of aryl methyl sites for hydroxylation is 1. The summed E-state index contributed by atoms with van der Waals surface area (Å²) in [6, 6.07) is 3.63. The number of morpholine rings is 1. The quantitative estimate of drug-likeness (QED) is 0.755. The van der Waals surface area contributed by atoms with Gasteiger partial charge in [-0.2, -0.15) is 0 Å². The van der Waals surface area contributed by atoms with Crippen molar-refractivity contribution in [3.05, 3.63) is 17.7 Å². The fraction of sp³-hybridized carbons (Fsp3) is 0.636. The van der Waals surface area contributed by atoms with Crippen LogP contribution in [0.2, 0.25) is 0 Å². The zero-order chi connectivity index (χ0) is 20.9. The van der Waals surface area contributed by atoms with E-state index < -0.39 is 0 Å². The lowest BCUT2D eigenvalue weighted by molar-refractivity contribution is -0.138. The van der Waals surface area contributed by atoms with E-state index in [2.05, 4.69) is 5.32 Å². The third kappa shape index (κ3) is 5.21.